The molecular weight excluding hydrogens is 311 g/mol. The van der Waals surface area contributed by atoms with Crippen LogP contribution in [0, 0.1) is 11.3 Å². The number of methoxy groups -OCH3 is 1. The molecule has 3 rings (SSSR count). The molecule has 0 aliphatic heterocycles. The molecule has 0 saturated carbocycles. The molecule has 0 aliphatic rings. The summed E-state index contributed by atoms with van der Waals surface area (Å²) in [6.45, 7) is 0. The third-order valence-electron chi connectivity index (χ3n) is 2.96. The topological polar surface area (TPSA) is 35.0 Å². The molecular formula is C15H9ClFN2OS. The normalized spacial score (nSPS) is 10.6. The standard InChI is InChI=1S/C15H9ClFN2OS/c1-20-15-13(17)4-9(6-18-15)11-3-2-10(16)5-12(11)14-7-21-8-19-14/h2-7H,1H3. The van der Waals surface area contributed by atoms with Gasteiger partial charge in [-0.3, -0.25) is 0 Å². The van der Waals surface area contributed by atoms with E-state index in [9.17, 15) is 4.39 Å². The minimum absolute atomic E-state index is 0.0312. The third-order valence-corrected chi connectivity index (χ3v) is 3.73. The van der Waals surface area contributed by atoms with Crippen molar-refractivity contribution in [3.63, 3.8) is 0 Å². The van der Waals surface area contributed by atoms with Crippen molar-refractivity contribution in [2.75, 3.05) is 7.11 Å². The van der Waals surface area contributed by atoms with Crippen LogP contribution in [0.4, 0.5) is 4.39 Å². The number of rotatable bonds is 3. The Morgan fingerprint density at radius 2 is 2.14 bits per heavy atom. The fourth-order valence-corrected chi connectivity index (χ4v) is 2.68. The van der Waals surface area contributed by atoms with Gasteiger partial charge in [-0.2, -0.15) is 0 Å². The zero-order valence-electron chi connectivity index (χ0n) is 10.9. The fourth-order valence-electron chi connectivity index (χ4n) is 2.01. The maximum atomic E-state index is 13.9. The minimum Gasteiger partial charge on any atom is -0.479 e. The lowest BCUT2D eigenvalue weighted by Gasteiger charge is -2.09. The Hall–Kier alpha value is -1.98. The summed E-state index contributed by atoms with van der Waals surface area (Å²) in [4.78, 5) is 8.13. The van der Waals surface area contributed by atoms with Crippen molar-refractivity contribution in [1.29, 1.82) is 0 Å². The molecule has 0 amide bonds. The van der Waals surface area contributed by atoms with Crippen molar-refractivity contribution in [3.8, 4) is 28.3 Å². The molecule has 0 spiro atoms. The summed E-state index contributed by atoms with van der Waals surface area (Å²) < 4.78 is 18.7. The van der Waals surface area contributed by atoms with Gasteiger partial charge in [0, 0.05) is 27.7 Å². The second kappa shape index (κ2) is 5.79. The first kappa shape index (κ1) is 14.0. The van der Waals surface area contributed by atoms with Gasteiger partial charge in [-0.1, -0.05) is 17.7 Å². The van der Waals surface area contributed by atoms with E-state index in [4.69, 9.17) is 16.3 Å². The highest BCUT2D eigenvalue weighted by Crippen LogP contribution is 2.34. The molecule has 3 aromatic rings. The predicted molar refractivity (Wildman–Crippen MR) is 81.1 cm³/mol. The molecule has 0 atom stereocenters. The number of nitrogens with zero attached hydrogens (tertiary/aromatic N) is 2. The number of halogens is 2. The monoisotopic (exact) mass is 319 g/mol. The van der Waals surface area contributed by atoms with Gasteiger partial charge in [0.25, 0.3) is 0 Å². The Labute approximate surface area is 130 Å². The van der Waals surface area contributed by atoms with E-state index in [1.54, 1.807) is 18.3 Å². The number of benzene rings is 1. The number of ether oxygens (including phenoxy) is 1. The van der Waals surface area contributed by atoms with Crippen molar-refractivity contribution >= 4 is 22.9 Å². The number of pyridine rings is 1. The highest BCUT2D eigenvalue weighted by molar-refractivity contribution is 7.07. The summed E-state index contributed by atoms with van der Waals surface area (Å²) in [7, 11) is 1.38. The van der Waals surface area contributed by atoms with Crippen LogP contribution in [0.1, 0.15) is 0 Å². The van der Waals surface area contributed by atoms with Gasteiger partial charge in [0.2, 0.25) is 5.88 Å². The maximum absolute atomic E-state index is 13.9. The lowest BCUT2D eigenvalue weighted by molar-refractivity contribution is 0.369. The van der Waals surface area contributed by atoms with Crippen molar-refractivity contribution in [2.24, 2.45) is 0 Å². The Balaban J connectivity index is 2.16. The number of hydrogen-bond donors (Lipinski definition) is 0. The zero-order valence-corrected chi connectivity index (χ0v) is 12.5. The Kier molecular flexibility index (Phi) is 3.86. The Morgan fingerprint density at radius 1 is 1.29 bits per heavy atom. The van der Waals surface area contributed by atoms with Gasteiger partial charge in [-0.05, 0) is 23.8 Å². The van der Waals surface area contributed by atoms with Crippen LogP contribution < -0.4 is 4.74 Å². The zero-order chi connectivity index (χ0) is 14.8. The van der Waals surface area contributed by atoms with Crippen molar-refractivity contribution in [3.05, 3.63) is 52.2 Å². The highest BCUT2D eigenvalue weighted by Gasteiger charge is 2.13. The number of hydrogen-bond acceptors (Lipinski definition) is 4. The van der Waals surface area contributed by atoms with Gasteiger partial charge >= 0.3 is 0 Å². The lowest BCUT2D eigenvalue weighted by atomic mass is 9.99. The van der Waals surface area contributed by atoms with E-state index in [1.165, 1.54) is 24.5 Å². The minimum atomic E-state index is -0.513. The van der Waals surface area contributed by atoms with Gasteiger partial charge in [0.15, 0.2) is 11.3 Å². The van der Waals surface area contributed by atoms with Crippen LogP contribution in [0.5, 0.6) is 5.88 Å². The summed E-state index contributed by atoms with van der Waals surface area (Å²) in [5.41, 5.74) is 5.78. The van der Waals surface area contributed by atoms with E-state index in [0.717, 1.165) is 16.8 Å². The molecule has 0 unspecified atom stereocenters. The smallest absolute Gasteiger partial charge is 0.250 e. The Morgan fingerprint density at radius 3 is 2.81 bits per heavy atom. The molecule has 105 valence electrons. The van der Waals surface area contributed by atoms with E-state index in [-0.39, 0.29) is 5.88 Å². The van der Waals surface area contributed by atoms with Gasteiger partial charge in [0.1, 0.15) is 0 Å². The molecule has 0 saturated heterocycles. The van der Waals surface area contributed by atoms with Gasteiger partial charge in [-0.25, -0.2) is 14.4 Å². The quantitative estimate of drug-likeness (QED) is 0.714. The first-order valence-electron chi connectivity index (χ1n) is 6.00. The van der Waals surface area contributed by atoms with Crippen LogP contribution >= 0.6 is 22.9 Å². The second-order valence-corrected chi connectivity index (χ2v) is 5.32. The molecule has 6 heteroatoms. The average Bonchev–Trinajstić information content (AvgIpc) is 3.01. The summed E-state index contributed by atoms with van der Waals surface area (Å²) in [5, 5.41) is 2.45. The summed E-state index contributed by atoms with van der Waals surface area (Å²) in [6, 6.07) is 6.75. The van der Waals surface area contributed by atoms with Crippen LogP contribution in [-0.4, -0.2) is 17.1 Å². The van der Waals surface area contributed by atoms with Crippen LogP contribution in [-0.2, 0) is 0 Å². The molecule has 21 heavy (non-hydrogen) atoms. The molecule has 1 aromatic carbocycles. The average molecular weight is 320 g/mol. The van der Waals surface area contributed by atoms with Crippen molar-refractivity contribution < 1.29 is 9.13 Å². The largest absolute Gasteiger partial charge is 0.479 e. The third kappa shape index (κ3) is 2.75. The van der Waals surface area contributed by atoms with Gasteiger partial charge in [0.05, 0.1) is 12.8 Å². The van der Waals surface area contributed by atoms with Crippen molar-refractivity contribution in [2.45, 2.75) is 0 Å². The number of thiazole rings is 1. The molecule has 0 aliphatic carbocycles. The van der Waals surface area contributed by atoms with E-state index < -0.39 is 5.82 Å². The summed E-state index contributed by atoms with van der Waals surface area (Å²) in [6.07, 6.45) is 1.56. The molecule has 0 fully saturated rings. The predicted octanol–water partition coefficient (Wildman–Crippen LogP) is 4.47. The highest BCUT2D eigenvalue weighted by atomic mass is 35.5. The van der Waals surface area contributed by atoms with E-state index in [0.29, 0.717) is 10.6 Å². The number of aromatic nitrogens is 2. The lowest BCUT2D eigenvalue weighted by Crippen LogP contribution is -1.93. The first-order valence-corrected chi connectivity index (χ1v) is 7.26. The first-order chi connectivity index (χ1) is 10.2. The second-order valence-electron chi connectivity index (χ2n) is 4.23. The van der Waals surface area contributed by atoms with E-state index >= 15 is 0 Å². The Bertz CT molecular complexity index is 777. The van der Waals surface area contributed by atoms with Crippen LogP contribution in [0.25, 0.3) is 22.4 Å². The molecule has 1 radical (unpaired) electrons. The molecule has 2 heterocycles. The van der Waals surface area contributed by atoms with Crippen LogP contribution in [0.3, 0.4) is 0 Å². The van der Waals surface area contributed by atoms with Crippen LogP contribution in [0.15, 0.2) is 35.8 Å². The van der Waals surface area contributed by atoms with E-state index in [2.05, 4.69) is 15.5 Å². The SMILES string of the molecule is COc1ncc(-c2ccc(Cl)cc2-c2cs[c]n2)cc1F. The fraction of sp³-hybridized carbons (Fsp3) is 0.0667. The molecule has 0 N–H and O–H groups in total. The van der Waals surface area contributed by atoms with Gasteiger partial charge < -0.3 is 4.74 Å². The van der Waals surface area contributed by atoms with Crippen LogP contribution in [0.2, 0.25) is 5.02 Å². The molecule has 3 nitrogen and oxygen atoms in total. The van der Waals surface area contributed by atoms with Crippen molar-refractivity contribution in [1.82, 2.24) is 9.97 Å². The summed E-state index contributed by atoms with van der Waals surface area (Å²) in [5.74, 6) is -0.544. The van der Waals surface area contributed by atoms with E-state index in [1.807, 2.05) is 11.4 Å². The van der Waals surface area contributed by atoms with Gasteiger partial charge in [-0.15, -0.1) is 11.3 Å². The summed E-state index contributed by atoms with van der Waals surface area (Å²) >= 11 is 7.42. The molecule has 2 aromatic heterocycles. The maximum Gasteiger partial charge on any atom is 0.250 e. The molecule has 0 bridgehead atoms.